The van der Waals surface area contributed by atoms with Gasteiger partial charge in [0.25, 0.3) is 11.2 Å². The Morgan fingerprint density at radius 1 is 1.43 bits per heavy atom. The third kappa shape index (κ3) is 3.44. The SMILES string of the molecule is CCNc1ccnc(Cn2cc([N+](=O)[O-])c(C)cc2=O)c1. The van der Waals surface area contributed by atoms with Crippen molar-refractivity contribution < 1.29 is 4.92 Å². The second kappa shape index (κ2) is 6.17. The number of hydrogen-bond acceptors (Lipinski definition) is 5. The number of pyridine rings is 2. The highest BCUT2D eigenvalue weighted by Gasteiger charge is 2.13. The normalized spacial score (nSPS) is 10.4. The first-order valence-electron chi connectivity index (χ1n) is 6.55. The van der Waals surface area contributed by atoms with Crippen LogP contribution in [-0.2, 0) is 6.54 Å². The number of anilines is 1. The van der Waals surface area contributed by atoms with Gasteiger partial charge >= 0.3 is 0 Å². The minimum atomic E-state index is -0.492. The first-order chi connectivity index (χ1) is 10.0. The van der Waals surface area contributed by atoms with Gasteiger partial charge in [0, 0.05) is 30.1 Å². The van der Waals surface area contributed by atoms with Crippen LogP contribution in [0.5, 0.6) is 0 Å². The molecule has 0 atom stereocenters. The first kappa shape index (κ1) is 14.7. The van der Waals surface area contributed by atoms with Gasteiger partial charge in [0.05, 0.1) is 23.4 Å². The molecule has 0 radical (unpaired) electrons. The molecule has 21 heavy (non-hydrogen) atoms. The molecular formula is C14H16N4O3. The number of aryl methyl sites for hydroxylation is 1. The van der Waals surface area contributed by atoms with Gasteiger partial charge in [0.1, 0.15) is 0 Å². The molecule has 0 unspecified atom stereocenters. The molecule has 2 heterocycles. The molecule has 2 aromatic heterocycles. The lowest BCUT2D eigenvalue weighted by Gasteiger charge is -2.08. The molecule has 2 rings (SSSR count). The summed E-state index contributed by atoms with van der Waals surface area (Å²) in [7, 11) is 0. The second-order valence-corrected chi connectivity index (χ2v) is 4.63. The fourth-order valence-corrected chi connectivity index (χ4v) is 2.02. The maximum Gasteiger partial charge on any atom is 0.288 e. The van der Waals surface area contributed by atoms with Gasteiger partial charge in [0.15, 0.2) is 0 Å². The summed E-state index contributed by atoms with van der Waals surface area (Å²) in [5.74, 6) is 0. The second-order valence-electron chi connectivity index (χ2n) is 4.63. The first-order valence-corrected chi connectivity index (χ1v) is 6.55. The summed E-state index contributed by atoms with van der Waals surface area (Å²) >= 11 is 0. The van der Waals surface area contributed by atoms with E-state index in [4.69, 9.17) is 0 Å². The largest absolute Gasteiger partial charge is 0.385 e. The number of nitrogens with zero attached hydrogens (tertiary/aromatic N) is 3. The molecule has 0 saturated heterocycles. The minimum Gasteiger partial charge on any atom is -0.385 e. The number of rotatable bonds is 5. The van der Waals surface area contributed by atoms with Crippen molar-refractivity contribution in [2.75, 3.05) is 11.9 Å². The van der Waals surface area contributed by atoms with E-state index >= 15 is 0 Å². The summed E-state index contributed by atoms with van der Waals surface area (Å²) in [6, 6.07) is 4.92. The van der Waals surface area contributed by atoms with E-state index in [2.05, 4.69) is 10.3 Å². The van der Waals surface area contributed by atoms with Crippen LogP contribution in [0.2, 0.25) is 0 Å². The van der Waals surface area contributed by atoms with Crippen molar-refractivity contribution in [2.45, 2.75) is 20.4 Å². The molecule has 0 saturated carbocycles. The molecule has 1 N–H and O–H groups in total. The Bertz CT molecular complexity index is 724. The third-order valence-electron chi connectivity index (χ3n) is 3.03. The summed E-state index contributed by atoms with van der Waals surface area (Å²) in [4.78, 5) is 26.6. The van der Waals surface area contributed by atoms with Gasteiger partial charge in [-0.15, -0.1) is 0 Å². The Morgan fingerprint density at radius 2 is 2.19 bits per heavy atom. The van der Waals surface area contributed by atoms with E-state index in [1.165, 1.54) is 16.8 Å². The van der Waals surface area contributed by atoms with E-state index in [9.17, 15) is 14.9 Å². The van der Waals surface area contributed by atoms with Crippen LogP contribution in [0.4, 0.5) is 11.4 Å². The van der Waals surface area contributed by atoms with Gasteiger partial charge < -0.3 is 9.88 Å². The summed E-state index contributed by atoms with van der Waals surface area (Å²) in [6.45, 7) is 4.50. The topological polar surface area (TPSA) is 90.1 Å². The van der Waals surface area contributed by atoms with Crippen LogP contribution in [0.25, 0.3) is 0 Å². The minimum absolute atomic E-state index is 0.0718. The fourth-order valence-electron chi connectivity index (χ4n) is 2.02. The zero-order valence-electron chi connectivity index (χ0n) is 11.9. The molecule has 0 aliphatic rings. The van der Waals surface area contributed by atoms with Crippen LogP contribution >= 0.6 is 0 Å². The highest BCUT2D eigenvalue weighted by atomic mass is 16.6. The molecule has 0 bridgehead atoms. The lowest BCUT2D eigenvalue weighted by atomic mass is 10.2. The van der Waals surface area contributed by atoms with Crippen LogP contribution in [0.1, 0.15) is 18.2 Å². The van der Waals surface area contributed by atoms with Crippen LogP contribution in [0.3, 0.4) is 0 Å². The van der Waals surface area contributed by atoms with E-state index in [1.54, 1.807) is 13.1 Å². The van der Waals surface area contributed by atoms with E-state index in [0.29, 0.717) is 11.3 Å². The average Bonchev–Trinajstić information content (AvgIpc) is 2.42. The van der Waals surface area contributed by atoms with E-state index < -0.39 is 4.92 Å². The molecule has 0 fully saturated rings. The maximum atomic E-state index is 11.9. The standard InChI is InChI=1S/C14H16N4O3/c1-3-15-11-4-5-16-12(7-11)8-17-9-13(18(20)21)10(2)6-14(17)19/h4-7,9H,3,8H2,1-2H3,(H,15,16). The summed E-state index contributed by atoms with van der Waals surface area (Å²) < 4.78 is 1.29. The summed E-state index contributed by atoms with van der Waals surface area (Å²) in [5, 5.41) is 14.1. The summed E-state index contributed by atoms with van der Waals surface area (Å²) in [5.41, 5.74) is 1.56. The van der Waals surface area contributed by atoms with E-state index in [1.807, 2.05) is 19.1 Å². The zero-order chi connectivity index (χ0) is 15.4. The van der Waals surface area contributed by atoms with Crippen molar-refractivity contribution in [1.29, 1.82) is 0 Å². The Balaban J connectivity index is 2.35. The number of aromatic nitrogens is 2. The monoisotopic (exact) mass is 288 g/mol. The molecule has 7 heteroatoms. The Labute approximate surface area is 121 Å². The zero-order valence-corrected chi connectivity index (χ0v) is 11.9. The highest BCUT2D eigenvalue weighted by Crippen LogP contribution is 2.15. The molecule has 0 amide bonds. The quantitative estimate of drug-likeness (QED) is 0.670. The van der Waals surface area contributed by atoms with Gasteiger partial charge in [0.2, 0.25) is 0 Å². The fraction of sp³-hybridized carbons (Fsp3) is 0.286. The molecule has 0 aliphatic carbocycles. The van der Waals surface area contributed by atoms with Crippen LogP contribution in [0, 0.1) is 17.0 Å². The Kier molecular flexibility index (Phi) is 4.32. The predicted molar refractivity (Wildman–Crippen MR) is 79.6 cm³/mol. The van der Waals surface area contributed by atoms with Gasteiger partial charge in [-0.3, -0.25) is 19.9 Å². The molecule has 110 valence electrons. The number of nitrogens with one attached hydrogen (secondary N) is 1. The predicted octanol–water partition coefficient (Wildman–Crippen LogP) is 1.94. The van der Waals surface area contributed by atoms with Crippen molar-refractivity contribution in [3.63, 3.8) is 0 Å². The lowest BCUT2D eigenvalue weighted by molar-refractivity contribution is -0.385. The molecule has 2 aromatic rings. The van der Waals surface area contributed by atoms with Gasteiger partial charge in [-0.05, 0) is 26.0 Å². The van der Waals surface area contributed by atoms with Crippen LogP contribution in [-0.4, -0.2) is 21.0 Å². The van der Waals surface area contributed by atoms with Crippen LogP contribution < -0.4 is 10.9 Å². The van der Waals surface area contributed by atoms with E-state index in [0.717, 1.165) is 12.2 Å². The molecular weight excluding hydrogens is 272 g/mol. The average molecular weight is 288 g/mol. The van der Waals surface area contributed by atoms with Gasteiger partial charge in [-0.2, -0.15) is 0 Å². The highest BCUT2D eigenvalue weighted by molar-refractivity contribution is 5.43. The summed E-state index contributed by atoms with van der Waals surface area (Å²) in [6.07, 6.45) is 2.90. The molecule has 0 aromatic carbocycles. The van der Waals surface area contributed by atoms with Crippen molar-refractivity contribution in [3.05, 3.63) is 62.3 Å². The molecule has 7 nitrogen and oxygen atoms in total. The van der Waals surface area contributed by atoms with Crippen molar-refractivity contribution in [2.24, 2.45) is 0 Å². The smallest absolute Gasteiger partial charge is 0.288 e. The van der Waals surface area contributed by atoms with E-state index in [-0.39, 0.29) is 17.8 Å². The molecule has 0 aliphatic heterocycles. The Morgan fingerprint density at radius 3 is 2.86 bits per heavy atom. The number of nitro groups is 1. The van der Waals surface area contributed by atoms with Gasteiger partial charge in [-0.1, -0.05) is 0 Å². The van der Waals surface area contributed by atoms with Crippen molar-refractivity contribution in [1.82, 2.24) is 9.55 Å². The lowest BCUT2D eigenvalue weighted by Crippen LogP contribution is -2.21. The molecule has 0 spiro atoms. The maximum absolute atomic E-state index is 11.9. The van der Waals surface area contributed by atoms with Crippen molar-refractivity contribution in [3.8, 4) is 0 Å². The third-order valence-corrected chi connectivity index (χ3v) is 3.03. The Hall–Kier alpha value is -2.70. The van der Waals surface area contributed by atoms with Gasteiger partial charge in [-0.25, -0.2) is 0 Å². The van der Waals surface area contributed by atoms with Crippen LogP contribution in [0.15, 0.2) is 35.4 Å². The van der Waals surface area contributed by atoms with Crippen molar-refractivity contribution >= 4 is 11.4 Å². The number of hydrogen-bond donors (Lipinski definition) is 1.